The second-order valence-corrected chi connectivity index (χ2v) is 7.77. The predicted molar refractivity (Wildman–Crippen MR) is 112 cm³/mol. The molecule has 28 heavy (non-hydrogen) atoms. The predicted octanol–water partition coefficient (Wildman–Crippen LogP) is 2.79. The summed E-state index contributed by atoms with van der Waals surface area (Å²) in [7, 11) is 0. The van der Waals surface area contributed by atoms with Gasteiger partial charge in [-0.1, -0.05) is 0 Å². The number of furan rings is 1. The van der Waals surface area contributed by atoms with Crippen molar-refractivity contribution in [3.05, 3.63) is 40.2 Å². The van der Waals surface area contributed by atoms with Crippen LogP contribution in [0.15, 0.2) is 33.2 Å². The van der Waals surface area contributed by atoms with E-state index in [9.17, 15) is 4.79 Å². The van der Waals surface area contributed by atoms with Gasteiger partial charge in [0.1, 0.15) is 0 Å². The summed E-state index contributed by atoms with van der Waals surface area (Å²) >= 11 is 1.74. The van der Waals surface area contributed by atoms with Gasteiger partial charge in [-0.15, -0.1) is 11.3 Å². The van der Waals surface area contributed by atoms with Crippen molar-refractivity contribution in [2.75, 3.05) is 39.3 Å². The first kappa shape index (κ1) is 20.4. The van der Waals surface area contributed by atoms with Crippen LogP contribution in [0.4, 0.5) is 0 Å². The highest BCUT2D eigenvalue weighted by molar-refractivity contribution is 7.09. The molecule has 8 heteroatoms. The van der Waals surface area contributed by atoms with Crippen molar-refractivity contribution >= 4 is 23.2 Å². The standard InChI is InChI=1S/C20H29N5O2S/c1-3-21-20(22-9-5-4-8-18-23-16(2)15-28-18)25-12-10-24(11-13-25)19(26)17-7-6-14-27-17/h6-7,14-15H,3-5,8-13H2,1-2H3,(H,21,22). The number of aromatic nitrogens is 1. The van der Waals surface area contributed by atoms with Crippen molar-refractivity contribution in [3.63, 3.8) is 0 Å². The Morgan fingerprint density at radius 1 is 1.29 bits per heavy atom. The molecule has 0 aliphatic carbocycles. The third-order valence-electron chi connectivity index (χ3n) is 4.66. The van der Waals surface area contributed by atoms with E-state index in [0.717, 1.165) is 57.1 Å². The topological polar surface area (TPSA) is 74.0 Å². The lowest BCUT2D eigenvalue weighted by Crippen LogP contribution is -2.53. The molecule has 0 spiro atoms. The van der Waals surface area contributed by atoms with Gasteiger partial charge in [0, 0.05) is 50.3 Å². The van der Waals surface area contributed by atoms with Gasteiger partial charge in [0.2, 0.25) is 0 Å². The smallest absolute Gasteiger partial charge is 0.289 e. The molecule has 0 radical (unpaired) electrons. The Kier molecular flexibility index (Phi) is 7.47. The van der Waals surface area contributed by atoms with Gasteiger partial charge in [0.15, 0.2) is 11.7 Å². The van der Waals surface area contributed by atoms with Crippen molar-refractivity contribution in [1.82, 2.24) is 20.1 Å². The Morgan fingerprint density at radius 2 is 2.07 bits per heavy atom. The molecular weight excluding hydrogens is 374 g/mol. The highest BCUT2D eigenvalue weighted by Crippen LogP contribution is 2.12. The summed E-state index contributed by atoms with van der Waals surface area (Å²) in [5, 5.41) is 6.70. The van der Waals surface area contributed by atoms with Crippen LogP contribution in [0.25, 0.3) is 0 Å². The zero-order valence-electron chi connectivity index (χ0n) is 16.7. The Bertz CT molecular complexity index is 763. The Hall–Kier alpha value is -2.35. The van der Waals surface area contributed by atoms with Crippen molar-refractivity contribution in [2.45, 2.75) is 33.1 Å². The largest absolute Gasteiger partial charge is 0.459 e. The van der Waals surface area contributed by atoms with Crippen LogP contribution in [-0.2, 0) is 6.42 Å². The van der Waals surface area contributed by atoms with Crippen LogP contribution in [0.2, 0.25) is 0 Å². The van der Waals surface area contributed by atoms with Gasteiger partial charge in [0.05, 0.1) is 11.3 Å². The molecule has 2 aromatic heterocycles. The van der Waals surface area contributed by atoms with Gasteiger partial charge in [-0.25, -0.2) is 4.98 Å². The number of nitrogens with one attached hydrogen (secondary N) is 1. The minimum absolute atomic E-state index is 0.0380. The molecule has 7 nitrogen and oxygen atoms in total. The monoisotopic (exact) mass is 403 g/mol. The molecule has 1 N–H and O–H groups in total. The normalized spacial score (nSPS) is 15.1. The lowest BCUT2D eigenvalue weighted by molar-refractivity contribution is 0.0657. The van der Waals surface area contributed by atoms with Crippen LogP contribution in [-0.4, -0.2) is 65.9 Å². The molecule has 0 saturated carbocycles. The van der Waals surface area contributed by atoms with E-state index in [-0.39, 0.29) is 5.91 Å². The molecule has 1 aliphatic rings. The zero-order valence-corrected chi connectivity index (χ0v) is 17.5. The number of hydrogen-bond donors (Lipinski definition) is 1. The minimum atomic E-state index is -0.0380. The summed E-state index contributed by atoms with van der Waals surface area (Å²) in [6.45, 7) is 8.65. The number of aryl methyl sites for hydroxylation is 2. The number of guanidine groups is 1. The summed E-state index contributed by atoms with van der Waals surface area (Å²) in [5.41, 5.74) is 1.11. The fraction of sp³-hybridized carbons (Fsp3) is 0.550. The fourth-order valence-corrected chi connectivity index (χ4v) is 4.01. The Labute approximate surface area is 170 Å². The molecule has 0 atom stereocenters. The van der Waals surface area contributed by atoms with E-state index in [0.29, 0.717) is 18.8 Å². The molecule has 3 heterocycles. The van der Waals surface area contributed by atoms with Gasteiger partial charge >= 0.3 is 0 Å². The summed E-state index contributed by atoms with van der Waals surface area (Å²) < 4.78 is 5.23. The molecule has 1 fully saturated rings. The molecular formula is C20H29N5O2S. The number of carbonyl (C=O) groups is 1. The van der Waals surface area contributed by atoms with Gasteiger partial charge in [-0.2, -0.15) is 0 Å². The number of unbranched alkanes of at least 4 members (excludes halogenated alkanes) is 1. The molecule has 0 unspecified atom stereocenters. The number of rotatable bonds is 7. The summed E-state index contributed by atoms with van der Waals surface area (Å²) in [6.07, 6.45) is 4.71. The van der Waals surface area contributed by atoms with E-state index in [1.165, 1.54) is 11.3 Å². The second-order valence-electron chi connectivity index (χ2n) is 6.83. The number of nitrogens with zero attached hydrogens (tertiary/aromatic N) is 4. The highest BCUT2D eigenvalue weighted by Gasteiger charge is 2.25. The number of hydrogen-bond acceptors (Lipinski definition) is 5. The quantitative estimate of drug-likeness (QED) is 0.437. The summed E-state index contributed by atoms with van der Waals surface area (Å²) in [6, 6.07) is 3.46. The van der Waals surface area contributed by atoms with Gasteiger partial charge < -0.3 is 19.5 Å². The van der Waals surface area contributed by atoms with Crippen LogP contribution in [0.3, 0.4) is 0 Å². The molecule has 1 saturated heterocycles. The van der Waals surface area contributed by atoms with Gasteiger partial charge in [-0.05, 0) is 45.2 Å². The fourth-order valence-electron chi connectivity index (χ4n) is 3.19. The van der Waals surface area contributed by atoms with E-state index >= 15 is 0 Å². The first-order chi connectivity index (χ1) is 13.7. The molecule has 1 aliphatic heterocycles. The minimum Gasteiger partial charge on any atom is -0.459 e. The maximum absolute atomic E-state index is 12.4. The van der Waals surface area contributed by atoms with Crippen molar-refractivity contribution in [1.29, 1.82) is 0 Å². The lowest BCUT2D eigenvalue weighted by Gasteiger charge is -2.36. The molecule has 2 aromatic rings. The van der Waals surface area contributed by atoms with Crippen LogP contribution in [0.5, 0.6) is 0 Å². The second kappa shape index (κ2) is 10.3. The summed E-state index contributed by atoms with van der Waals surface area (Å²) in [4.78, 5) is 25.8. The van der Waals surface area contributed by atoms with Crippen LogP contribution in [0.1, 0.15) is 41.0 Å². The summed E-state index contributed by atoms with van der Waals surface area (Å²) in [5.74, 6) is 1.31. The number of thiazole rings is 1. The molecule has 0 aromatic carbocycles. The SMILES string of the molecule is CCNC(=NCCCCc1nc(C)cs1)N1CCN(C(=O)c2ccco2)CC1. The lowest BCUT2D eigenvalue weighted by atomic mass is 10.2. The average Bonchev–Trinajstić information content (AvgIpc) is 3.38. The average molecular weight is 404 g/mol. The van der Waals surface area contributed by atoms with E-state index in [1.54, 1.807) is 23.5 Å². The first-order valence-corrected chi connectivity index (χ1v) is 10.8. The molecule has 1 amide bonds. The highest BCUT2D eigenvalue weighted by atomic mass is 32.1. The molecule has 0 bridgehead atoms. The number of amides is 1. The van der Waals surface area contributed by atoms with Crippen molar-refractivity contribution < 1.29 is 9.21 Å². The van der Waals surface area contributed by atoms with E-state index < -0.39 is 0 Å². The van der Waals surface area contributed by atoms with Crippen molar-refractivity contribution in [2.24, 2.45) is 4.99 Å². The van der Waals surface area contributed by atoms with E-state index in [4.69, 9.17) is 9.41 Å². The first-order valence-electron chi connectivity index (χ1n) is 9.94. The number of piperazine rings is 1. The molecule has 152 valence electrons. The Balaban J connectivity index is 1.44. The van der Waals surface area contributed by atoms with Crippen LogP contribution >= 0.6 is 11.3 Å². The number of aliphatic imine (C=N–C) groups is 1. The maximum Gasteiger partial charge on any atom is 0.289 e. The zero-order chi connectivity index (χ0) is 19.8. The van der Waals surface area contributed by atoms with Crippen LogP contribution < -0.4 is 5.32 Å². The maximum atomic E-state index is 12.4. The van der Waals surface area contributed by atoms with E-state index in [1.807, 2.05) is 11.8 Å². The van der Waals surface area contributed by atoms with Crippen molar-refractivity contribution in [3.8, 4) is 0 Å². The van der Waals surface area contributed by atoms with Gasteiger partial charge in [0.25, 0.3) is 5.91 Å². The molecule has 3 rings (SSSR count). The van der Waals surface area contributed by atoms with Gasteiger partial charge in [-0.3, -0.25) is 9.79 Å². The Morgan fingerprint density at radius 3 is 2.71 bits per heavy atom. The number of carbonyl (C=O) groups excluding carboxylic acids is 1. The third kappa shape index (κ3) is 5.58. The third-order valence-corrected chi connectivity index (χ3v) is 5.69. The van der Waals surface area contributed by atoms with Crippen LogP contribution in [0, 0.1) is 6.92 Å². The van der Waals surface area contributed by atoms with E-state index in [2.05, 4.69) is 27.5 Å².